The van der Waals surface area contributed by atoms with Crippen LogP contribution < -0.4 is 5.32 Å². The Balaban J connectivity index is 1.49. The lowest BCUT2D eigenvalue weighted by molar-refractivity contribution is -0.182. The lowest BCUT2D eigenvalue weighted by atomic mass is 9.86. The van der Waals surface area contributed by atoms with Crippen LogP contribution in [0.1, 0.15) is 61.9 Å². The summed E-state index contributed by atoms with van der Waals surface area (Å²) in [6, 6.07) is 15.9. The monoisotopic (exact) mass is 695 g/mol. The van der Waals surface area contributed by atoms with Crippen molar-refractivity contribution in [2.45, 2.75) is 57.7 Å². The van der Waals surface area contributed by atoms with E-state index in [1.807, 2.05) is 42.5 Å². The lowest BCUT2D eigenvalue weighted by Gasteiger charge is -2.22. The molecule has 43 heavy (non-hydrogen) atoms. The maximum atomic E-state index is 14.0. The van der Waals surface area contributed by atoms with E-state index in [1.165, 1.54) is 6.20 Å². The molecule has 1 fully saturated rings. The van der Waals surface area contributed by atoms with Crippen LogP contribution in [0.3, 0.4) is 0 Å². The summed E-state index contributed by atoms with van der Waals surface area (Å²) in [7, 11) is 0. The minimum atomic E-state index is -4.41. The summed E-state index contributed by atoms with van der Waals surface area (Å²) in [5, 5.41) is 23.4. The number of alkyl halides is 3. The van der Waals surface area contributed by atoms with E-state index >= 15 is 0 Å². The standard InChI is InChI=1S/C32H29F3IN7/c1-30(2,3)18-40-28-20(15-37)16-39-29-24(28)13-19(14-25(29)36)12-23(21-6-4-8-26-22(21)7-5-11-38-26)27-17-43(42-41-27)31(9-10-31)32(33,34)35/h4-8,11,13-14,16-17,23H,9-10,12,18H2,1-3H3,(H,39,40)/t23-/m0/s1. The number of hydrogen-bond donors (Lipinski definition) is 1. The Kier molecular flexibility index (Phi) is 7.31. The van der Waals surface area contributed by atoms with Crippen LogP contribution in [0.2, 0.25) is 0 Å². The molecule has 0 amide bonds. The quantitative estimate of drug-likeness (QED) is 0.175. The first-order valence-corrected chi connectivity index (χ1v) is 15.1. The van der Waals surface area contributed by atoms with Gasteiger partial charge in [0.2, 0.25) is 0 Å². The van der Waals surface area contributed by atoms with Crippen molar-refractivity contribution in [3.63, 3.8) is 0 Å². The number of nitrogens with zero attached hydrogens (tertiary/aromatic N) is 6. The number of pyridine rings is 2. The average molecular weight is 696 g/mol. The van der Waals surface area contributed by atoms with Gasteiger partial charge in [0.1, 0.15) is 6.07 Å². The number of rotatable bonds is 7. The molecule has 0 spiro atoms. The molecule has 11 heteroatoms. The Morgan fingerprint density at radius 1 is 1.09 bits per heavy atom. The molecular weight excluding hydrogens is 666 g/mol. The van der Waals surface area contributed by atoms with Crippen molar-refractivity contribution in [3.05, 3.63) is 87.0 Å². The molecule has 2 aromatic carbocycles. The predicted octanol–water partition coefficient (Wildman–Crippen LogP) is 7.73. The predicted molar refractivity (Wildman–Crippen MR) is 168 cm³/mol. The van der Waals surface area contributed by atoms with Crippen molar-refractivity contribution in [2.75, 3.05) is 11.9 Å². The second-order valence-corrected chi connectivity index (χ2v) is 13.5. The minimum absolute atomic E-state index is 0.0103. The van der Waals surface area contributed by atoms with Gasteiger partial charge in [0.15, 0.2) is 5.54 Å². The van der Waals surface area contributed by atoms with E-state index in [4.69, 9.17) is 0 Å². The van der Waals surface area contributed by atoms with Gasteiger partial charge in [0.25, 0.3) is 0 Å². The molecule has 1 atom stereocenters. The Morgan fingerprint density at radius 3 is 2.58 bits per heavy atom. The first kappa shape index (κ1) is 29.3. The second kappa shape index (κ2) is 10.7. The van der Waals surface area contributed by atoms with Crippen LogP contribution >= 0.6 is 22.6 Å². The Hall–Kier alpha value is -3.79. The molecular formula is C32H29F3IN7. The summed E-state index contributed by atoms with van der Waals surface area (Å²) >= 11 is 2.25. The van der Waals surface area contributed by atoms with Crippen molar-refractivity contribution in [3.8, 4) is 6.07 Å². The van der Waals surface area contributed by atoms with Crippen molar-refractivity contribution in [1.82, 2.24) is 25.0 Å². The average Bonchev–Trinajstić information content (AvgIpc) is 3.65. The fourth-order valence-electron chi connectivity index (χ4n) is 5.51. The molecule has 0 unspecified atom stereocenters. The fourth-order valence-corrected chi connectivity index (χ4v) is 6.34. The third-order valence-corrected chi connectivity index (χ3v) is 8.78. The minimum Gasteiger partial charge on any atom is -0.383 e. The van der Waals surface area contributed by atoms with Gasteiger partial charge in [-0.25, -0.2) is 4.68 Å². The van der Waals surface area contributed by atoms with Crippen LogP contribution in [0.5, 0.6) is 0 Å². The van der Waals surface area contributed by atoms with Gasteiger partial charge in [0.05, 0.1) is 34.2 Å². The summed E-state index contributed by atoms with van der Waals surface area (Å²) in [5.41, 5.74) is 3.01. The summed E-state index contributed by atoms with van der Waals surface area (Å²) in [4.78, 5) is 9.08. The number of hydrogen-bond acceptors (Lipinski definition) is 6. The van der Waals surface area contributed by atoms with Crippen molar-refractivity contribution < 1.29 is 13.2 Å². The van der Waals surface area contributed by atoms with Crippen LogP contribution in [0, 0.1) is 20.3 Å². The molecule has 3 aromatic heterocycles. The van der Waals surface area contributed by atoms with E-state index in [-0.39, 0.29) is 18.3 Å². The van der Waals surface area contributed by atoms with Gasteiger partial charge in [-0.2, -0.15) is 18.4 Å². The highest BCUT2D eigenvalue weighted by Gasteiger charge is 2.66. The number of halogens is 4. The molecule has 0 aliphatic heterocycles. The zero-order valence-corrected chi connectivity index (χ0v) is 26.0. The second-order valence-electron chi connectivity index (χ2n) is 12.3. The maximum absolute atomic E-state index is 14.0. The van der Waals surface area contributed by atoms with Crippen molar-refractivity contribution in [2.24, 2.45) is 5.41 Å². The van der Waals surface area contributed by atoms with Gasteiger partial charge in [0, 0.05) is 39.2 Å². The number of aromatic nitrogens is 5. The molecule has 220 valence electrons. The van der Waals surface area contributed by atoms with Crippen LogP contribution in [0.4, 0.5) is 18.9 Å². The van der Waals surface area contributed by atoms with Crippen LogP contribution in [0.25, 0.3) is 21.8 Å². The summed E-state index contributed by atoms with van der Waals surface area (Å²) in [5.74, 6) is -0.406. The van der Waals surface area contributed by atoms with Gasteiger partial charge < -0.3 is 5.32 Å². The fraction of sp³-hybridized carbons (Fsp3) is 0.344. The molecule has 0 saturated heterocycles. The van der Waals surface area contributed by atoms with E-state index in [0.717, 1.165) is 46.9 Å². The molecule has 3 heterocycles. The molecule has 6 rings (SSSR count). The highest BCUT2D eigenvalue weighted by Crippen LogP contribution is 2.55. The van der Waals surface area contributed by atoms with Gasteiger partial charge in [-0.1, -0.05) is 44.2 Å². The van der Waals surface area contributed by atoms with Crippen molar-refractivity contribution >= 4 is 50.1 Å². The zero-order chi connectivity index (χ0) is 30.6. The summed E-state index contributed by atoms with van der Waals surface area (Å²) in [6.07, 6.45) is 0.772. The van der Waals surface area contributed by atoms with Gasteiger partial charge >= 0.3 is 6.18 Å². The number of anilines is 1. The van der Waals surface area contributed by atoms with E-state index in [0.29, 0.717) is 24.2 Å². The number of benzene rings is 2. The van der Waals surface area contributed by atoms with Crippen LogP contribution in [0.15, 0.2) is 61.1 Å². The van der Waals surface area contributed by atoms with Gasteiger partial charge in [-0.05, 0) is 82.7 Å². The Labute approximate surface area is 260 Å². The molecule has 1 N–H and O–H groups in total. The normalized spacial score (nSPS) is 15.4. The molecule has 1 aliphatic carbocycles. The van der Waals surface area contributed by atoms with Gasteiger partial charge in [-0.15, -0.1) is 5.10 Å². The largest absolute Gasteiger partial charge is 0.413 e. The zero-order valence-electron chi connectivity index (χ0n) is 23.9. The van der Waals surface area contributed by atoms with Crippen LogP contribution in [-0.4, -0.2) is 37.7 Å². The Bertz CT molecular complexity index is 1880. The third-order valence-electron chi connectivity index (χ3n) is 7.95. The first-order chi connectivity index (χ1) is 20.4. The SMILES string of the molecule is CC(C)(C)CNc1c(C#N)cnc2c(I)cc(C[C@H](c3cn(C4(C(F)(F)F)CC4)nn3)c3cccc4ncccc34)cc12. The third kappa shape index (κ3) is 5.53. The van der Waals surface area contributed by atoms with E-state index < -0.39 is 17.6 Å². The molecule has 7 nitrogen and oxygen atoms in total. The smallest absolute Gasteiger partial charge is 0.383 e. The highest BCUT2D eigenvalue weighted by atomic mass is 127. The molecule has 1 saturated carbocycles. The molecule has 1 aliphatic rings. The first-order valence-electron chi connectivity index (χ1n) is 14.0. The number of nitrogens with one attached hydrogen (secondary N) is 1. The van der Waals surface area contributed by atoms with E-state index in [9.17, 15) is 18.4 Å². The topological polar surface area (TPSA) is 92.3 Å². The summed E-state index contributed by atoms with van der Waals surface area (Å²) < 4.78 is 43.8. The van der Waals surface area contributed by atoms with E-state index in [1.54, 1.807) is 12.4 Å². The van der Waals surface area contributed by atoms with Crippen molar-refractivity contribution in [1.29, 1.82) is 5.26 Å². The summed E-state index contributed by atoms with van der Waals surface area (Å²) in [6.45, 7) is 7.00. The number of fused-ring (bicyclic) bond motifs is 2. The molecule has 5 aromatic rings. The maximum Gasteiger partial charge on any atom is 0.413 e. The highest BCUT2D eigenvalue weighted by molar-refractivity contribution is 14.1. The van der Waals surface area contributed by atoms with E-state index in [2.05, 4.69) is 75.0 Å². The lowest BCUT2D eigenvalue weighted by Crippen LogP contribution is -2.35. The molecule has 0 radical (unpaired) electrons. The Morgan fingerprint density at radius 2 is 1.88 bits per heavy atom. The van der Waals surface area contributed by atoms with Gasteiger partial charge in [-0.3, -0.25) is 9.97 Å². The molecule has 0 bridgehead atoms. The van der Waals surface area contributed by atoms with Crippen LogP contribution in [-0.2, 0) is 12.0 Å². The number of nitriles is 1.